The lowest BCUT2D eigenvalue weighted by Gasteiger charge is -2.23. The summed E-state index contributed by atoms with van der Waals surface area (Å²) in [6.45, 7) is 5.16. The van der Waals surface area contributed by atoms with E-state index in [0.29, 0.717) is 16.3 Å². The molecule has 2 aromatic heterocycles. The molecule has 2 aromatic carbocycles. The van der Waals surface area contributed by atoms with Crippen molar-refractivity contribution in [1.29, 1.82) is 0 Å². The largest absolute Gasteiger partial charge is 0.503 e. The number of amides is 1. The van der Waals surface area contributed by atoms with E-state index >= 15 is 0 Å². The van der Waals surface area contributed by atoms with Gasteiger partial charge < -0.3 is 19.0 Å². The second kappa shape index (κ2) is 9.90. The van der Waals surface area contributed by atoms with Crippen LogP contribution in [0.3, 0.4) is 0 Å². The zero-order chi connectivity index (χ0) is 27.3. The molecule has 1 atom stereocenters. The number of ether oxygens (including phenoxy) is 2. The summed E-state index contributed by atoms with van der Waals surface area (Å²) in [5.41, 5.74) is 0.582. The van der Waals surface area contributed by atoms with Crippen molar-refractivity contribution in [3.63, 3.8) is 0 Å². The summed E-state index contributed by atoms with van der Waals surface area (Å²) in [6, 6.07) is 6.61. The van der Waals surface area contributed by atoms with Crippen molar-refractivity contribution in [2.45, 2.75) is 13.0 Å². The number of rotatable bonds is 6. The fourth-order valence-corrected chi connectivity index (χ4v) is 5.86. The zero-order valence-corrected chi connectivity index (χ0v) is 23.1. The third kappa shape index (κ3) is 4.16. The molecule has 0 spiro atoms. The number of hydrogen-bond donors (Lipinski definition) is 1. The molecule has 3 heterocycles. The molecular weight excluding hydrogens is 600 g/mol. The van der Waals surface area contributed by atoms with Crippen LogP contribution in [-0.4, -0.2) is 35.7 Å². The Labute approximate surface area is 233 Å². The lowest BCUT2D eigenvalue weighted by molar-refractivity contribution is 0.0554. The van der Waals surface area contributed by atoms with Gasteiger partial charge in [0.15, 0.2) is 22.1 Å². The summed E-state index contributed by atoms with van der Waals surface area (Å²) < 4.78 is 16.7. The molecule has 0 aliphatic carbocycles. The molecule has 1 amide bonds. The van der Waals surface area contributed by atoms with E-state index in [1.54, 1.807) is 19.1 Å². The molecular formula is C26H18BrClN2O7S. The quantitative estimate of drug-likeness (QED) is 0.214. The monoisotopic (exact) mass is 616 g/mol. The highest BCUT2D eigenvalue weighted by Gasteiger charge is 2.46. The second-order valence-corrected chi connectivity index (χ2v) is 10.5. The first kappa shape index (κ1) is 26.0. The van der Waals surface area contributed by atoms with E-state index in [1.165, 1.54) is 36.3 Å². The van der Waals surface area contributed by atoms with Gasteiger partial charge in [-0.25, -0.2) is 9.78 Å². The van der Waals surface area contributed by atoms with E-state index in [2.05, 4.69) is 27.5 Å². The first-order valence-corrected chi connectivity index (χ1v) is 13.1. The van der Waals surface area contributed by atoms with Crippen LogP contribution < -0.4 is 15.1 Å². The summed E-state index contributed by atoms with van der Waals surface area (Å²) in [5, 5.41) is 11.1. The van der Waals surface area contributed by atoms with E-state index in [1.807, 2.05) is 0 Å². The topological polar surface area (TPSA) is 119 Å². The number of hydrogen-bond acceptors (Lipinski definition) is 9. The fraction of sp³-hybridized carbons (Fsp3) is 0.154. The molecule has 4 aromatic rings. The van der Waals surface area contributed by atoms with Crippen LogP contribution in [0.25, 0.3) is 11.0 Å². The third-order valence-corrected chi connectivity index (χ3v) is 7.90. The van der Waals surface area contributed by atoms with Crippen LogP contribution >= 0.6 is 38.9 Å². The zero-order valence-electron chi connectivity index (χ0n) is 19.9. The molecule has 12 heteroatoms. The van der Waals surface area contributed by atoms with Crippen LogP contribution in [0.15, 0.2) is 56.7 Å². The number of phenolic OH excluding ortho intramolecular Hbond substituents is 1. The van der Waals surface area contributed by atoms with Crippen molar-refractivity contribution in [3.8, 4) is 11.5 Å². The molecule has 1 unspecified atom stereocenters. The molecule has 0 radical (unpaired) electrons. The van der Waals surface area contributed by atoms with Gasteiger partial charge >= 0.3 is 5.97 Å². The van der Waals surface area contributed by atoms with Gasteiger partial charge in [0.2, 0.25) is 5.76 Å². The van der Waals surface area contributed by atoms with Crippen molar-refractivity contribution in [2.24, 2.45) is 0 Å². The van der Waals surface area contributed by atoms with Crippen LogP contribution in [0.1, 0.15) is 43.1 Å². The Hall–Kier alpha value is -3.67. The number of aromatic hydroxyl groups is 1. The minimum absolute atomic E-state index is 0.0110. The minimum Gasteiger partial charge on any atom is -0.503 e. The Morgan fingerprint density at radius 3 is 2.82 bits per heavy atom. The Bertz CT molecular complexity index is 1710. The number of phenols is 1. The Morgan fingerprint density at radius 1 is 1.34 bits per heavy atom. The maximum absolute atomic E-state index is 13.8. The van der Waals surface area contributed by atoms with Crippen LogP contribution in [-0.2, 0) is 4.74 Å². The van der Waals surface area contributed by atoms with Crippen LogP contribution in [0, 0.1) is 6.92 Å². The van der Waals surface area contributed by atoms with E-state index in [0.717, 1.165) is 11.3 Å². The number of carbonyl (C=O) groups is 2. The Morgan fingerprint density at radius 2 is 2.11 bits per heavy atom. The SMILES string of the molecule is C=CCOC(=O)c1sc(N2C(=O)c3oc4ccc(Cl)cc4c(=O)c3C2c2cc(Br)c(O)c(OC)c2)nc1C. The third-order valence-electron chi connectivity index (χ3n) is 5.93. The van der Waals surface area contributed by atoms with Crippen molar-refractivity contribution < 1.29 is 28.6 Å². The van der Waals surface area contributed by atoms with Crippen molar-refractivity contribution in [1.82, 2.24) is 4.98 Å². The molecule has 5 rings (SSSR count). The van der Waals surface area contributed by atoms with Crippen LogP contribution in [0.4, 0.5) is 5.13 Å². The molecule has 1 aliphatic heterocycles. The number of anilines is 1. The van der Waals surface area contributed by atoms with Crippen LogP contribution in [0.2, 0.25) is 5.02 Å². The molecule has 194 valence electrons. The molecule has 0 fully saturated rings. The van der Waals surface area contributed by atoms with Crippen molar-refractivity contribution >= 4 is 66.8 Å². The maximum atomic E-state index is 13.8. The van der Waals surface area contributed by atoms with E-state index in [9.17, 15) is 19.5 Å². The molecule has 38 heavy (non-hydrogen) atoms. The molecule has 1 N–H and O–H groups in total. The summed E-state index contributed by atoms with van der Waals surface area (Å²) >= 11 is 10.4. The van der Waals surface area contributed by atoms with Gasteiger partial charge in [-0.05, 0) is 58.7 Å². The molecule has 0 bridgehead atoms. The van der Waals surface area contributed by atoms with Gasteiger partial charge in [-0.3, -0.25) is 14.5 Å². The van der Waals surface area contributed by atoms with Crippen LogP contribution in [0.5, 0.6) is 11.5 Å². The first-order valence-electron chi connectivity index (χ1n) is 11.1. The molecule has 0 saturated heterocycles. The molecule has 9 nitrogen and oxygen atoms in total. The lowest BCUT2D eigenvalue weighted by atomic mass is 9.98. The average Bonchev–Trinajstić information content (AvgIpc) is 3.42. The van der Waals surface area contributed by atoms with Crippen molar-refractivity contribution in [2.75, 3.05) is 18.6 Å². The van der Waals surface area contributed by atoms with Crippen molar-refractivity contribution in [3.05, 3.63) is 90.2 Å². The number of methoxy groups -OCH3 is 1. The van der Waals surface area contributed by atoms with E-state index in [4.69, 9.17) is 25.5 Å². The smallest absolute Gasteiger partial charge is 0.350 e. The summed E-state index contributed by atoms with van der Waals surface area (Å²) in [4.78, 5) is 46.2. The highest BCUT2D eigenvalue weighted by atomic mass is 79.9. The van der Waals surface area contributed by atoms with Gasteiger partial charge in [-0.1, -0.05) is 35.6 Å². The number of nitrogens with zero attached hydrogens (tertiary/aromatic N) is 2. The van der Waals surface area contributed by atoms with Gasteiger partial charge in [-0.15, -0.1) is 0 Å². The van der Waals surface area contributed by atoms with E-state index in [-0.39, 0.29) is 54.9 Å². The predicted octanol–water partition coefficient (Wildman–Crippen LogP) is 5.78. The number of fused-ring (bicyclic) bond motifs is 2. The standard InChI is InChI=1S/C26H18BrClN2O7S/c1-4-7-36-25(34)23-11(2)29-26(38-23)30-19(12-8-15(27)21(32)17(9-12)35-3)18-20(31)14-10-13(28)5-6-16(14)37-22(18)24(30)33/h4-6,8-10,19,32H,1,7H2,2-3H3. The Kier molecular flexibility index (Phi) is 6.76. The molecule has 1 aliphatic rings. The van der Waals surface area contributed by atoms with Gasteiger partial charge in [-0.2, -0.15) is 0 Å². The highest BCUT2D eigenvalue weighted by molar-refractivity contribution is 9.10. The number of benzene rings is 2. The number of esters is 1. The minimum atomic E-state index is -1.02. The molecule has 0 saturated carbocycles. The average molecular weight is 618 g/mol. The first-order chi connectivity index (χ1) is 18.2. The number of aromatic nitrogens is 1. The van der Waals surface area contributed by atoms with Gasteiger partial charge in [0.05, 0.1) is 34.3 Å². The number of thiazole rings is 1. The van der Waals surface area contributed by atoms with Gasteiger partial charge in [0.25, 0.3) is 5.91 Å². The lowest BCUT2D eigenvalue weighted by Crippen LogP contribution is -2.29. The maximum Gasteiger partial charge on any atom is 0.350 e. The Balaban J connectivity index is 1.77. The van der Waals surface area contributed by atoms with Gasteiger partial charge in [0.1, 0.15) is 17.1 Å². The summed E-state index contributed by atoms with van der Waals surface area (Å²) in [5.74, 6) is -1.44. The summed E-state index contributed by atoms with van der Waals surface area (Å²) in [6.07, 6.45) is 1.44. The van der Waals surface area contributed by atoms with E-state index < -0.39 is 23.3 Å². The highest BCUT2D eigenvalue weighted by Crippen LogP contribution is 2.46. The second-order valence-electron chi connectivity index (χ2n) is 8.24. The summed E-state index contributed by atoms with van der Waals surface area (Å²) in [7, 11) is 1.38. The fourth-order valence-electron chi connectivity index (χ4n) is 4.24. The number of carbonyl (C=O) groups excluding carboxylic acids is 2. The van der Waals surface area contributed by atoms with Gasteiger partial charge in [0, 0.05) is 5.02 Å². The number of halogens is 2. The normalized spacial score (nSPS) is 14.6. The number of aryl methyl sites for hydroxylation is 1. The predicted molar refractivity (Wildman–Crippen MR) is 146 cm³/mol.